The molecule has 3 nitrogen and oxygen atoms in total. The zero-order valence-corrected chi connectivity index (χ0v) is 8.80. The Labute approximate surface area is 95.6 Å². The minimum absolute atomic E-state index is 0.385. The summed E-state index contributed by atoms with van der Waals surface area (Å²) >= 11 is 0. The van der Waals surface area contributed by atoms with Gasteiger partial charge in [-0.1, -0.05) is 0 Å². The maximum atomic E-state index is 13.2. The minimum Gasteiger partial charge on any atom is -0.368 e. The molecule has 0 spiro atoms. The number of amides is 1. The molecule has 1 amide bonds. The van der Waals surface area contributed by atoms with Gasteiger partial charge in [-0.25, -0.2) is 13.2 Å². The van der Waals surface area contributed by atoms with Crippen LogP contribution in [0.25, 0.3) is 0 Å². The molecule has 1 aromatic rings. The summed E-state index contributed by atoms with van der Waals surface area (Å²) in [5, 5.41) is 2.17. The third-order valence-electron chi connectivity index (χ3n) is 2.52. The Balaban J connectivity index is 2.13. The molecule has 92 valence electrons. The van der Waals surface area contributed by atoms with Crippen molar-refractivity contribution < 1.29 is 22.7 Å². The molecule has 1 saturated heterocycles. The van der Waals surface area contributed by atoms with Crippen LogP contribution in [0, 0.1) is 17.5 Å². The molecular formula is C11H10F3NO2. The van der Waals surface area contributed by atoms with Gasteiger partial charge in [-0.15, -0.1) is 0 Å². The van der Waals surface area contributed by atoms with Crippen molar-refractivity contribution in [2.45, 2.75) is 18.9 Å². The van der Waals surface area contributed by atoms with Crippen LogP contribution in [0.3, 0.4) is 0 Å². The van der Waals surface area contributed by atoms with Gasteiger partial charge in [0.25, 0.3) is 5.91 Å². The topological polar surface area (TPSA) is 38.3 Å². The van der Waals surface area contributed by atoms with Crippen molar-refractivity contribution in [1.29, 1.82) is 0 Å². The number of benzene rings is 1. The van der Waals surface area contributed by atoms with Crippen molar-refractivity contribution >= 4 is 11.6 Å². The van der Waals surface area contributed by atoms with Crippen molar-refractivity contribution in [1.82, 2.24) is 0 Å². The summed E-state index contributed by atoms with van der Waals surface area (Å²) in [6.45, 7) is 0.471. The molecule has 0 radical (unpaired) electrons. The molecule has 0 aliphatic carbocycles. The number of ether oxygens (including phenoxy) is 1. The van der Waals surface area contributed by atoms with E-state index >= 15 is 0 Å². The van der Waals surface area contributed by atoms with Crippen LogP contribution in [0.15, 0.2) is 12.1 Å². The van der Waals surface area contributed by atoms with E-state index in [1.165, 1.54) is 0 Å². The van der Waals surface area contributed by atoms with Crippen molar-refractivity contribution in [3.05, 3.63) is 29.6 Å². The summed E-state index contributed by atoms with van der Waals surface area (Å²) in [6, 6.07) is 1.73. The Kier molecular flexibility index (Phi) is 3.33. The van der Waals surface area contributed by atoms with Crippen LogP contribution in [0.1, 0.15) is 12.8 Å². The maximum Gasteiger partial charge on any atom is 0.253 e. The predicted molar refractivity (Wildman–Crippen MR) is 53.9 cm³/mol. The molecule has 1 atom stereocenters. The molecule has 1 aliphatic rings. The SMILES string of the molecule is O=C(Nc1ccc(F)c(F)c1F)[C@@H]1CCCO1. The van der Waals surface area contributed by atoms with Crippen LogP contribution in [0.2, 0.25) is 0 Å². The Morgan fingerprint density at radius 2 is 2.06 bits per heavy atom. The highest BCUT2D eigenvalue weighted by Crippen LogP contribution is 2.21. The highest BCUT2D eigenvalue weighted by molar-refractivity contribution is 5.94. The minimum atomic E-state index is -1.60. The zero-order valence-electron chi connectivity index (χ0n) is 8.80. The highest BCUT2D eigenvalue weighted by Gasteiger charge is 2.25. The number of carbonyl (C=O) groups is 1. The van der Waals surface area contributed by atoms with E-state index in [-0.39, 0.29) is 5.69 Å². The number of hydrogen-bond acceptors (Lipinski definition) is 2. The summed E-state index contributed by atoms with van der Waals surface area (Å²) < 4.78 is 43.8. The van der Waals surface area contributed by atoms with E-state index < -0.39 is 29.5 Å². The molecule has 1 heterocycles. The fourth-order valence-electron chi connectivity index (χ4n) is 1.62. The van der Waals surface area contributed by atoms with E-state index in [2.05, 4.69) is 5.32 Å². The first-order chi connectivity index (χ1) is 8.09. The van der Waals surface area contributed by atoms with Crippen LogP contribution in [0.5, 0.6) is 0 Å². The summed E-state index contributed by atoms with van der Waals surface area (Å²) in [6.07, 6.45) is 0.637. The Morgan fingerprint density at radius 3 is 2.71 bits per heavy atom. The standard InChI is InChI=1S/C11H10F3NO2/c12-6-3-4-7(10(14)9(6)13)15-11(16)8-2-1-5-17-8/h3-4,8H,1-2,5H2,(H,15,16)/t8-/m0/s1. The molecule has 0 saturated carbocycles. The molecule has 1 N–H and O–H groups in total. The maximum absolute atomic E-state index is 13.2. The smallest absolute Gasteiger partial charge is 0.253 e. The molecule has 1 fully saturated rings. The molecule has 2 rings (SSSR count). The van der Waals surface area contributed by atoms with Gasteiger partial charge in [0.15, 0.2) is 17.5 Å². The zero-order chi connectivity index (χ0) is 12.4. The van der Waals surface area contributed by atoms with E-state index in [0.29, 0.717) is 13.0 Å². The quantitative estimate of drug-likeness (QED) is 0.811. The van der Waals surface area contributed by atoms with Gasteiger partial charge in [0, 0.05) is 6.61 Å². The van der Waals surface area contributed by atoms with Crippen molar-refractivity contribution in [3.8, 4) is 0 Å². The number of hydrogen-bond donors (Lipinski definition) is 1. The van der Waals surface area contributed by atoms with Crippen molar-refractivity contribution in [2.75, 3.05) is 11.9 Å². The van der Waals surface area contributed by atoms with Crippen LogP contribution >= 0.6 is 0 Å². The fourth-order valence-corrected chi connectivity index (χ4v) is 1.62. The van der Waals surface area contributed by atoms with E-state index in [1.54, 1.807) is 0 Å². The normalized spacial score (nSPS) is 19.4. The van der Waals surface area contributed by atoms with Crippen LogP contribution in [-0.2, 0) is 9.53 Å². The van der Waals surface area contributed by atoms with Gasteiger partial charge in [0.05, 0.1) is 5.69 Å². The molecule has 0 bridgehead atoms. The second kappa shape index (κ2) is 4.75. The van der Waals surface area contributed by atoms with Gasteiger partial charge < -0.3 is 10.1 Å². The second-order valence-electron chi connectivity index (χ2n) is 3.71. The van der Waals surface area contributed by atoms with Crippen molar-refractivity contribution in [3.63, 3.8) is 0 Å². The largest absolute Gasteiger partial charge is 0.368 e. The first-order valence-electron chi connectivity index (χ1n) is 5.15. The first kappa shape index (κ1) is 11.9. The lowest BCUT2D eigenvalue weighted by Crippen LogP contribution is -2.27. The molecule has 0 aromatic heterocycles. The van der Waals surface area contributed by atoms with Crippen LogP contribution < -0.4 is 5.32 Å². The van der Waals surface area contributed by atoms with E-state index in [9.17, 15) is 18.0 Å². The predicted octanol–water partition coefficient (Wildman–Crippen LogP) is 2.22. The van der Waals surface area contributed by atoms with Gasteiger partial charge in [-0.3, -0.25) is 4.79 Å². The molecule has 17 heavy (non-hydrogen) atoms. The third kappa shape index (κ3) is 2.41. The van der Waals surface area contributed by atoms with Gasteiger partial charge >= 0.3 is 0 Å². The third-order valence-corrected chi connectivity index (χ3v) is 2.52. The lowest BCUT2D eigenvalue weighted by molar-refractivity contribution is -0.124. The van der Waals surface area contributed by atoms with Crippen molar-refractivity contribution in [2.24, 2.45) is 0 Å². The van der Waals surface area contributed by atoms with Gasteiger partial charge in [0.1, 0.15) is 6.10 Å². The van der Waals surface area contributed by atoms with Gasteiger partial charge in [-0.2, -0.15) is 0 Å². The lowest BCUT2D eigenvalue weighted by atomic mass is 10.2. The highest BCUT2D eigenvalue weighted by atomic mass is 19.2. The summed E-state index contributed by atoms with van der Waals surface area (Å²) in [5.74, 6) is -4.85. The van der Waals surface area contributed by atoms with E-state index in [4.69, 9.17) is 4.74 Å². The molecular weight excluding hydrogens is 235 g/mol. The average molecular weight is 245 g/mol. The Morgan fingerprint density at radius 1 is 1.29 bits per heavy atom. The number of anilines is 1. The Hall–Kier alpha value is -1.56. The Bertz CT molecular complexity index is 445. The summed E-state index contributed by atoms with van der Waals surface area (Å²) in [4.78, 5) is 11.5. The molecule has 0 unspecified atom stereocenters. The number of carbonyl (C=O) groups excluding carboxylic acids is 1. The second-order valence-corrected chi connectivity index (χ2v) is 3.71. The average Bonchev–Trinajstić information content (AvgIpc) is 2.83. The molecule has 6 heteroatoms. The fraction of sp³-hybridized carbons (Fsp3) is 0.364. The number of halogens is 3. The lowest BCUT2D eigenvalue weighted by Gasteiger charge is -2.11. The summed E-state index contributed by atoms with van der Waals surface area (Å²) in [7, 11) is 0. The number of rotatable bonds is 2. The molecule has 1 aliphatic heterocycles. The van der Waals surface area contributed by atoms with Crippen LogP contribution in [0.4, 0.5) is 18.9 Å². The monoisotopic (exact) mass is 245 g/mol. The summed E-state index contributed by atoms with van der Waals surface area (Å²) in [5.41, 5.74) is -0.385. The number of nitrogens with one attached hydrogen (secondary N) is 1. The van der Waals surface area contributed by atoms with Gasteiger partial charge in [0.2, 0.25) is 0 Å². The molecule has 1 aromatic carbocycles. The van der Waals surface area contributed by atoms with Crippen LogP contribution in [-0.4, -0.2) is 18.6 Å². The van der Waals surface area contributed by atoms with E-state index in [1.807, 2.05) is 0 Å². The first-order valence-corrected chi connectivity index (χ1v) is 5.15. The van der Waals surface area contributed by atoms with Gasteiger partial charge in [-0.05, 0) is 25.0 Å². The van der Waals surface area contributed by atoms with E-state index in [0.717, 1.165) is 18.6 Å².